The zero-order chi connectivity index (χ0) is 15.5. The number of carbonyl (C=O) groups is 2. The molecule has 5 nitrogen and oxygen atoms in total. The average Bonchev–Trinajstić information content (AvgIpc) is 2.51. The first kappa shape index (κ1) is 15.0. The van der Waals surface area contributed by atoms with Crippen LogP contribution in [0.3, 0.4) is 0 Å². The SMILES string of the molecule is O=C(O)C1COCCN1C(=O)CC1CC(c2ccccc2)C1. The topological polar surface area (TPSA) is 66.8 Å². The predicted molar refractivity (Wildman–Crippen MR) is 80.5 cm³/mol. The van der Waals surface area contributed by atoms with Gasteiger partial charge >= 0.3 is 5.97 Å². The molecule has 1 amide bonds. The second kappa shape index (κ2) is 6.48. The molecular formula is C17H21NO4. The minimum atomic E-state index is -0.983. The lowest BCUT2D eigenvalue weighted by molar-refractivity contribution is -0.159. The quantitative estimate of drug-likeness (QED) is 0.922. The first-order valence-electron chi connectivity index (χ1n) is 7.80. The van der Waals surface area contributed by atoms with Crippen LogP contribution in [0, 0.1) is 5.92 Å². The van der Waals surface area contributed by atoms with Crippen LogP contribution in [0.5, 0.6) is 0 Å². The maximum absolute atomic E-state index is 12.4. The van der Waals surface area contributed by atoms with Crippen molar-refractivity contribution in [1.29, 1.82) is 0 Å². The fourth-order valence-corrected chi connectivity index (χ4v) is 3.37. The molecule has 1 aliphatic carbocycles. The van der Waals surface area contributed by atoms with Crippen LogP contribution < -0.4 is 0 Å². The maximum Gasteiger partial charge on any atom is 0.328 e. The van der Waals surface area contributed by atoms with Crippen molar-refractivity contribution in [2.24, 2.45) is 5.92 Å². The summed E-state index contributed by atoms with van der Waals surface area (Å²) >= 11 is 0. The fourth-order valence-electron chi connectivity index (χ4n) is 3.37. The van der Waals surface area contributed by atoms with E-state index in [0.29, 0.717) is 31.4 Å². The highest BCUT2D eigenvalue weighted by Gasteiger charge is 2.37. The molecule has 0 spiro atoms. The van der Waals surface area contributed by atoms with E-state index in [2.05, 4.69) is 12.1 Å². The molecule has 5 heteroatoms. The van der Waals surface area contributed by atoms with Gasteiger partial charge in [-0.3, -0.25) is 4.79 Å². The van der Waals surface area contributed by atoms with Crippen molar-refractivity contribution in [3.8, 4) is 0 Å². The molecule has 1 aromatic rings. The van der Waals surface area contributed by atoms with Crippen molar-refractivity contribution in [3.63, 3.8) is 0 Å². The molecule has 1 heterocycles. The molecule has 1 unspecified atom stereocenters. The third-order valence-electron chi connectivity index (χ3n) is 4.70. The summed E-state index contributed by atoms with van der Waals surface area (Å²) in [6, 6.07) is 9.52. The molecular weight excluding hydrogens is 282 g/mol. The van der Waals surface area contributed by atoms with E-state index in [1.165, 1.54) is 10.5 Å². The van der Waals surface area contributed by atoms with Crippen LogP contribution in [0.4, 0.5) is 0 Å². The van der Waals surface area contributed by atoms with E-state index in [1.807, 2.05) is 18.2 Å². The Morgan fingerprint density at radius 1 is 1.23 bits per heavy atom. The van der Waals surface area contributed by atoms with Gasteiger partial charge in [0.15, 0.2) is 6.04 Å². The Hall–Kier alpha value is -1.88. The second-order valence-corrected chi connectivity index (χ2v) is 6.17. The van der Waals surface area contributed by atoms with Crippen LogP contribution in [0.25, 0.3) is 0 Å². The zero-order valence-corrected chi connectivity index (χ0v) is 12.5. The number of hydrogen-bond acceptors (Lipinski definition) is 3. The molecule has 0 bridgehead atoms. The van der Waals surface area contributed by atoms with Crippen molar-refractivity contribution >= 4 is 11.9 Å². The van der Waals surface area contributed by atoms with Crippen molar-refractivity contribution in [2.75, 3.05) is 19.8 Å². The molecule has 118 valence electrons. The number of hydrogen-bond donors (Lipinski definition) is 1. The lowest BCUT2D eigenvalue weighted by Crippen LogP contribution is -2.53. The number of carboxylic acids is 1. The van der Waals surface area contributed by atoms with E-state index >= 15 is 0 Å². The van der Waals surface area contributed by atoms with Gasteiger partial charge in [-0.2, -0.15) is 0 Å². The van der Waals surface area contributed by atoms with E-state index in [9.17, 15) is 14.7 Å². The molecule has 22 heavy (non-hydrogen) atoms. The third kappa shape index (κ3) is 3.14. The van der Waals surface area contributed by atoms with Gasteiger partial charge < -0.3 is 14.7 Å². The van der Waals surface area contributed by atoms with Gasteiger partial charge in [-0.05, 0) is 30.2 Å². The highest BCUT2D eigenvalue weighted by molar-refractivity contribution is 5.84. The number of carbonyl (C=O) groups excluding carboxylic acids is 1. The Labute approximate surface area is 129 Å². The van der Waals surface area contributed by atoms with Gasteiger partial charge in [-0.1, -0.05) is 30.3 Å². The number of ether oxygens (including phenoxy) is 1. The van der Waals surface area contributed by atoms with Crippen molar-refractivity contribution in [2.45, 2.75) is 31.2 Å². The Morgan fingerprint density at radius 2 is 1.95 bits per heavy atom. The second-order valence-electron chi connectivity index (χ2n) is 6.17. The van der Waals surface area contributed by atoms with E-state index in [0.717, 1.165) is 12.8 Å². The van der Waals surface area contributed by atoms with Crippen molar-refractivity contribution in [1.82, 2.24) is 4.90 Å². The Kier molecular flexibility index (Phi) is 4.43. The van der Waals surface area contributed by atoms with E-state index in [-0.39, 0.29) is 12.5 Å². The Balaban J connectivity index is 1.52. The maximum atomic E-state index is 12.4. The van der Waals surface area contributed by atoms with Gasteiger partial charge in [0.2, 0.25) is 5.91 Å². The van der Waals surface area contributed by atoms with E-state index in [4.69, 9.17) is 4.74 Å². The lowest BCUT2D eigenvalue weighted by atomic mass is 9.70. The normalized spacial score (nSPS) is 28.0. The molecule has 0 radical (unpaired) electrons. The molecule has 3 rings (SSSR count). The number of nitrogens with zero attached hydrogens (tertiary/aromatic N) is 1. The van der Waals surface area contributed by atoms with Crippen LogP contribution >= 0.6 is 0 Å². The zero-order valence-electron chi connectivity index (χ0n) is 12.5. The monoisotopic (exact) mass is 303 g/mol. The highest BCUT2D eigenvalue weighted by atomic mass is 16.5. The summed E-state index contributed by atoms with van der Waals surface area (Å²) in [4.78, 5) is 25.0. The van der Waals surface area contributed by atoms with Crippen molar-refractivity contribution < 1.29 is 19.4 Å². The molecule has 1 saturated carbocycles. The summed E-state index contributed by atoms with van der Waals surface area (Å²) in [5.74, 6) is -0.120. The van der Waals surface area contributed by atoms with Gasteiger partial charge in [0, 0.05) is 13.0 Å². The molecule has 2 aliphatic rings. The van der Waals surface area contributed by atoms with Crippen LogP contribution in [0.1, 0.15) is 30.7 Å². The Morgan fingerprint density at radius 3 is 2.64 bits per heavy atom. The molecule has 1 atom stereocenters. The number of morpholine rings is 1. The molecule has 1 aromatic carbocycles. The van der Waals surface area contributed by atoms with Gasteiger partial charge in [0.1, 0.15) is 0 Å². The van der Waals surface area contributed by atoms with Crippen LogP contribution in [0.2, 0.25) is 0 Å². The standard InChI is InChI=1S/C17H21NO4/c19-16(18-6-7-22-11-15(18)17(20)21)10-12-8-14(9-12)13-4-2-1-3-5-13/h1-5,12,14-15H,6-11H2,(H,20,21). The summed E-state index contributed by atoms with van der Waals surface area (Å²) in [5.41, 5.74) is 1.33. The number of aliphatic carboxylic acids is 1. The van der Waals surface area contributed by atoms with E-state index in [1.54, 1.807) is 0 Å². The summed E-state index contributed by atoms with van der Waals surface area (Å²) in [7, 11) is 0. The van der Waals surface area contributed by atoms with Gasteiger partial charge in [-0.15, -0.1) is 0 Å². The lowest BCUT2D eigenvalue weighted by Gasteiger charge is -2.38. The van der Waals surface area contributed by atoms with Gasteiger partial charge in [0.25, 0.3) is 0 Å². The van der Waals surface area contributed by atoms with Gasteiger partial charge in [0.05, 0.1) is 13.2 Å². The Bertz CT molecular complexity index is 539. The fraction of sp³-hybridized carbons (Fsp3) is 0.529. The first-order valence-corrected chi connectivity index (χ1v) is 7.80. The molecule has 1 N–H and O–H groups in total. The minimum absolute atomic E-state index is 0.0489. The van der Waals surface area contributed by atoms with Crippen LogP contribution in [0.15, 0.2) is 30.3 Å². The van der Waals surface area contributed by atoms with Crippen molar-refractivity contribution in [3.05, 3.63) is 35.9 Å². The van der Waals surface area contributed by atoms with Gasteiger partial charge in [-0.25, -0.2) is 4.79 Å². The van der Waals surface area contributed by atoms with Crippen LogP contribution in [-0.2, 0) is 14.3 Å². The first-order chi connectivity index (χ1) is 10.6. The summed E-state index contributed by atoms with van der Waals surface area (Å²) in [6.07, 6.45) is 2.47. The predicted octanol–water partition coefficient (Wildman–Crippen LogP) is 1.88. The number of carboxylic acid groups (broad SMARTS) is 1. The summed E-state index contributed by atoms with van der Waals surface area (Å²) < 4.78 is 5.17. The number of benzene rings is 1. The molecule has 1 aliphatic heterocycles. The smallest absolute Gasteiger partial charge is 0.328 e. The average molecular weight is 303 g/mol. The summed E-state index contributed by atoms with van der Waals surface area (Å²) in [5, 5.41) is 9.18. The largest absolute Gasteiger partial charge is 0.480 e. The highest BCUT2D eigenvalue weighted by Crippen LogP contribution is 2.43. The minimum Gasteiger partial charge on any atom is -0.480 e. The number of amides is 1. The molecule has 1 saturated heterocycles. The molecule has 0 aromatic heterocycles. The number of rotatable bonds is 4. The third-order valence-corrected chi connectivity index (χ3v) is 4.70. The van der Waals surface area contributed by atoms with E-state index < -0.39 is 12.0 Å². The summed E-state index contributed by atoms with van der Waals surface area (Å²) in [6.45, 7) is 0.899. The van der Waals surface area contributed by atoms with Crippen LogP contribution in [-0.4, -0.2) is 47.7 Å². The molecule has 2 fully saturated rings.